The van der Waals surface area contributed by atoms with Crippen molar-refractivity contribution in [2.45, 2.75) is 11.4 Å². The van der Waals surface area contributed by atoms with Crippen LogP contribution in [-0.4, -0.2) is 32.5 Å². The van der Waals surface area contributed by atoms with Gasteiger partial charge in [0.25, 0.3) is 5.91 Å². The highest BCUT2D eigenvalue weighted by Crippen LogP contribution is 2.15. The van der Waals surface area contributed by atoms with Gasteiger partial charge in [0, 0.05) is 37.0 Å². The number of halogens is 2. The Hall–Kier alpha value is -2.28. The number of hydrogen-bond donors (Lipinski definition) is 0. The molecule has 0 aliphatic carbocycles. The number of carbonyl (C=O) groups excluding carboxylic acids is 1. The fourth-order valence-corrected chi connectivity index (χ4v) is 2.67. The van der Waals surface area contributed by atoms with E-state index in [2.05, 4.69) is 0 Å². The lowest BCUT2D eigenvalue weighted by molar-refractivity contribution is 0.0783. The van der Waals surface area contributed by atoms with Crippen LogP contribution in [0.4, 0.5) is 8.78 Å². The monoisotopic (exact) mass is 339 g/mol. The third kappa shape index (κ3) is 4.13. The van der Waals surface area contributed by atoms with Crippen LogP contribution in [0.25, 0.3) is 0 Å². The number of carbonyl (C=O) groups is 1. The predicted molar refractivity (Wildman–Crippen MR) is 81.7 cm³/mol. The number of nitrogens with zero attached hydrogens (tertiary/aromatic N) is 1. The first-order valence-electron chi connectivity index (χ1n) is 6.68. The fourth-order valence-electron chi connectivity index (χ4n) is 2.04. The molecule has 0 saturated heterocycles. The summed E-state index contributed by atoms with van der Waals surface area (Å²) in [6.45, 7) is -0.0290. The van der Waals surface area contributed by atoms with Crippen molar-refractivity contribution in [3.8, 4) is 0 Å². The average molecular weight is 339 g/mol. The molecular weight excluding hydrogens is 324 g/mol. The quantitative estimate of drug-likeness (QED) is 0.860. The number of hydrogen-bond acceptors (Lipinski definition) is 3. The van der Waals surface area contributed by atoms with Crippen molar-refractivity contribution in [1.82, 2.24) is 4.90 Å². The Kier molecular flexibility index (Phi) is 4.79. The lowest BCUT2D eigenvalue weighted by Gasteiger charge is -2.18. The van der Waals surface area contributed by atoms with Crippen LogP contribution < -0.4 is 0 Å². The molecule has 0 atom stereocenters. The largest absolute Gasteiger partial charge is 0.337 e. The van der Waals surface area contributed by atoms with E-state index in [1.54, 1.807) is 0 Å². The normalized spacial score (nSPS) is 11.3. The minimum atomic E-state index is -3.33. The minimum Gasteiger partial charge on any atom is -0.337 e. The molecule has 0 N–H and O–H groups in total. The van der Waals surface area contributed by atoms with E-state index in [1.807, 2.05) is 0 Å². The summed E-state index contributed by atoms with van der Waals surface area (Å²) in [6, 6.07) is 8.64. The molecule has 0 unspecified atom stereocenters. The van der Waals surface area contributed by atoms with E-state index in [0.717, 1.165) is 18.4 Å². The highest BCUT2D eigenvalue weighted by Gasteiger charge is 2.15. The molecule has 0 aliphatic heterocycles. The third-order valence-corrected chi connectivity index (χ3v) is 4.43. The highest BCUT2D eigenvalue weighted by atomic mass is 32.2. The molecule has 23 heavy (non-hydrogen) atoms. The molecule has 0 spiro atoms. The molecule has 1 amide bonds. The van der Waals surface area contributed by atoms with Crippen LogP contribution in [0.5, 0.6) is 0 Å². The highest BCUT2D eigenvalue weighted by molar-refractivity contribution is 7.90. The zero-order chi connectivity index (χ0) is 17.2. The van der Waals surface area contributed by atoms with Gasteiger partial charge in [-0.05, 0) is 30.3 Å². The second-order valence-electron chi connectivity index (χ2n) is 5.19. The van der Waals surface area contributed by atoms with Gasteiger partial charge in [0.2, 0.25) is 0 Å². The molecule has 0 saturated carbocycles. The molecule has 7 heteroatoms. The summed E-state index contributed by atoms with van der Waals surface area (Å²) in [5.74, 6) is -1.80. The minimum absolute atomic E-state index is 0.0290. The maximum absolute atomic E-state index is 13.6. The van der Waals surface area contributed by atoms with Crippen molar-refractivity contribution in [2.75, 3.05) is 13.3 Å². The topological polar surface area (TPSA) is 54.5 Å². The van der Waals surface area contributed by atoms with E-state index in [9.17, 15) is 22.0 Å². The first-order chi connectivity index (χ1) is 10.7. The Morgan fingerprint density at radius 1 is 1.09 bits per heavy atom. The fraction of sp³-hybridized carbons (Fsp3) is 0.188. The molecule has 0 bridgehead atoms. The van der Waals surface area contributed by atoms with Gasteiger partial charge in [-0.15, -0.1) is 0 Å². The van der Waals surface area contributed by atoms with Crippen LogP contribution in [0.1, 0.15) is 15.9 Å². The predicted octanol–water partition coefficient (Wildman–Crippen LogP) is 2.64. The van der Waals surface area contributed by atoms with Gasteiger partial charge in [-0.25, -0.2) is 17.2 Å². The first-order valence-corrected chi connectivity index (χ1v) is 8.57. The molecule has 0 radical (unpaired) electrons. The second kappa shape index (κ2) is 6.45. The summed E-state index contributed by atoms with van der Waals surface area (Å²) >= 11 is 0. The van der Waals surface area contributed by atoms with Gasteiger partial charge in [0.05, 0.1) is 4.90 Å². The Labute approximate surface area is 133 Å². The van der Waals surface area contributed by atoms with E-state index in [1.165, 1.54) is 42.3 Å². The zero-order valence-electron chi connectivity index (χ0n) is 12.6. The number of amides is 1. The second-order valence-corrected chi connectivity index (χ2v) is 7.21. The van der Waals surface area contributed by atoms with Gasteiger partial charge < -0.3 is 4.90 Å². The Morgan fingerprint density at radius 2 is 1.70 bits per heavy atom. The van der Waals surface area contributed by atoms with Gasteiger partial charge in [-0.1, -0.05) is 6.07 Å². The summed E-state index contributed by atoms with van der Waals surface area (Å²) in [6.07, 6.45) is 1.08. The van der Waals surface area contributed by atoms with Crippen LogP contribution in [0, 0.1) is 11.6 Å². The van der Waals surface area contributed by atoms with E-state index in [4.69, 9.17) is 0 Å². The van der Waals surface area contributed by atoms with Gasteiger partial charge in [0.15, 0.2) is 9.84 Å². The van der Waals surface area contributed by atoms with Crippen molar-refractivity contribution in [3.05, 3.63) is 65.2 Å². The van der Waals surface area contributed by atoms with Crippen molar-refractivity contribution in [3.63, 3.8) is 0 Å². The SMILES string of the molecule is CN(Cc1ccc(F)cc1F)C(=O)c1ccc(S(C)(=O)=O)cc1. The number of rotatable bonds is 4. The molecule has 4 nitrogen and oxygen atoms in total. The van der Waals surface area contributed by atoms with Crippen LogP contribution in [0.3, 0.4) is 0 Å². The molecule has 2 aromatic rings. The van der Waals surface area contributed by atoms with Crippen molar-refractivity contribution in [1.29, 1.82) is 0 Å². The van der Waals surface area contributed by atoms with Crippen molar-refractivity contribution < 1.29 is 22.0 Å². The van der Waals surface area contributed by atoms with Gasteiger partial charge in [0.1, 0.15) is 11.6 Å². The van der Waals surface area contributed by atoms with Gasteiger partial charge in [-0.3, -0.25) is 4.79 Å². The zero-order valence-corrected chi connectivity index (χ0v) is 13.4. The molecule has 0 heterocycles. The third-order valence-electron chi connectivity index (χ3n) is 3.30. The summed E-state index contributed by atoms with van der Waals surface area (Å²) in [5.41, 5.74) is 0.470. The standard InChI is InChI=1S/C16H15F2NO3S/c1-19(10-12-3-6-13(17)9-15(12)18)16(20)11-4-7-14(8-5-11)23(2,21)22/h3-9H,10H2,1-2H3. The van der Waals surface area contributed by atoms with Crippen molar-refractivity contribution in [2.24, 2.45) is 0 Å². The lowest BCUT2D eigenvalue weighted by Crippen LogP contribution is -2.26. The Bertz CT molecular complexity index is 833. The first kappa shape index (κ1) is 17.1. The van der Waals surface area contributed by atoms with E-state index < -0.39 is 27.4 Å². The van der Waals surface area contributed by atoms with E-state index in [-0.39, 0.29) is 22.6 Å². The summed E-state index contributed by atoms with van der Waals surface area (Å²) in [4.78, 5) is 13.7. The van der Waals surface area contributed by atoms with Gasteiger partial charge >= 0.3 is 0 Å². The Morgan fingerprint density at radius 3 is 2.22 bits per heavy atom. The van der Waals surface area contributed by atoms with Crippen molar-refractivity contribution >= 4 is 15.7 Å². The smallest absolute Gasteiger partial charge is 0.253 e. The van der Waals surface area contributed by atoms with Crippen LogP contribution >= 0.6 is 0 Å². The maximum atomic E-state index is 13.6. The number of sulfone groups is 1. The van der Waals surface area contributed by atoms with Gasteiger partial charge in [-0.2, -0.15) is 0 Å². The average Bonchev–Trinajstić information content (AvgIpc) is 2.48. The number of benzene rings is 2. The van der Waals surface area contributed by atoms with Crippen LogP contribution in [0.15, 0.2) is 47.4 Å². The molecule has 0 fully saturated rings. The summed E-state index contributed by atoms with van der Waals surface area (Å²) < 4.78 is 49.3. The molecule has 0 aromatic heterocycles. The molecular formula is C16H15F2NO3S. The maximum Gasteiger partial charge on any atom is 0.253 e. The van der Waals surface area contributed by atoms with E-state index >= 15 is 0 Å². The summed E-state index contributed by atoms with van der Waals surface area (Å²) in [7, 11) is -1.85. The van der Waals surface area contributed by atoms with Crippen LogP contribution in [-0.2, 0) is 16.4 Å². The molecule has 0 aliphatic rings. The molecule has 2 rings (SSSR count). The van der Waals surface area contributed by atoms with Crippen LogP contribution in [0.2, 0.25) is 0 Å². The van der Waals surface area contributed by atoms with E-state index in [0.29, 0.717) is 0 Å². The Balaban J connectivity index is 2.16. The molecule has 122 valence electrons. The summed E-state index contributed by atoms with van der Waals surface area (Å²) in [5, 5.41) is 0. The lowest BCUT2D eigenvalue weighted by atomic mass is 10.1. The molecule has 2 aromatic carbocycles.